The monoisotopic (exact) mass is 247 g/mol. The summed E-state index contributed by atoms with van der Waals surface area (Å²) in [5.74, 6) is -0.970. The van der Waals surface area contributed by atoms with E-state index in [0.29, 0.717) is 17.8 Å². The van der Waals surface area contributed by atoms with Gasteiger partial charge >= 0.3 is 5.97 Å². The van der Waals surface area contributed by atoms with Crippen molar-refractivity contribution < 1.29 is 15.0 Å². The van der Waals surface area contributed by atoms with Gasteiger partial charge in [-0.15, -0.1) is 5.10 Å². The predicted octanol–water partition coefficient (Wildman–Crippen LogP) is 1.41. The van der Waals surface area contributed by atoms with E-state index in [1.807, 2.05) is 6.92 Å². The fourth-order valence-electron chi connectivity index (χ4n) is 1.52. The van der Waals surface area contributed by atoms with Crippen molar-refractivity contribution in [2.75, 3.05) is 0 Å². The van der Waals surface area contributed by atoms with Crippen molar-refractivity contribution in [2.24, 2.45) is 0 Å². The zero-order valence-electron chi connectivity index (χ0n) is 9.82. The van der Waals surface area contributed by atoms with Gasteiger partial charge in [0.1, 0.15) is 5.69 Å². The summed E-state index contributed by atoms with van der Waals surface area (Å²) in [5, 5.41) is 26.2. The molecule has 0 bridgehead atoms. The van der Waals surface area contributed by atoms with Gasteiger partial charge in [0.15, 0.2) is 0 Å². The number of carboxylic acids is 1. The van der Waals surface area contributed by atoms with Crippen molar-refractivity contribution >= 4 is 5.97 Å². The highest BCUT2D eigenvalue weighted by Gasteiger charge is 2.10. The van der Waals surface area contributed by atoms with Gasteiger partial charge in [-0.1, -0.05) is 12.1 Å². The van der Waals surface area contributed by atoms with Gasteiger partial charge in [0, 0.05) is 0 Å². The highest BCUT2D eigenvalue weighted by molar-refractivity contribution is 5.87. The Morgan fingerprint density at radius 2 is 2.06 bits per heavy atom. The van der Waals surface area contributed by atoms with Gasteiger partial charge in [-0.2, -0.15) is 0 Å². The molecule has 2 rings (SSSR count). The van der Waals surface area contributed by atoms with E-state index >= 15 is 0 Å². The van der Waals surface area contributed by atoms with Crippen LogP contribution in [0.15, 0.2) is 30.5 Å². The van der Waals surface area contributed by atoms with Crippen LogP contribution in [-0.4, -0.2) is 31.2 Å². The Morgan fingerprint density at radius 3 is 2.61 bits per heavy atom. The van der Waals surface area contributed by atoms with E-state index in [4.69, 9.17) is 5.11 Å². The molecule has 1 aromatic carbocycles. The molecule has 0 aliphatic rings. The molecule has 1 atom stereocenters. The van der Waals surface area contributed by atoms with Crippen LogP contribution in [0.3, 0.4) is 0 Å². The highest BCUT2D eigenvalue weighted by Crippen LogP contribution is 2.15. The molecule has 18 heavy (non-hydrogen) atoms. The zero-order valence-corrected chi connectivity index (χ0v) is 9.82. The first-order valence-corrected chi connectivity index (χ1v) is 5.56. The molecule has 0 spiro atoms. The topological polar surface area (TPSA) is 88.2 Å². The second-order valence-electron chi connectivity index (χ2n) is 3.86. The lowest BCUT2D eigenvalue weighted by atomic mass is 10.2. The van der Waals surface area contributed by atoms with Crippen LogP contribution in [0, 0.1) is 0 Å². The van der Waals surface area contributed by atoms with E-state index in [9.17, 15) is 9.90 Å². The number of aromatic carboxylic acids is 1. The van der Waals surface area contributed by atoms with Crippen LogP contribution in [0.2, 0.25) is 0 Å². The van der Waals surface area contributed by atoms with Crippen LogP contribution in [0.25, 0.3) is 5.69 Å². The van der Waals surface area contributed by atoms with Crippen molar-refractivity contribution in [1.82, 2.24) is 15.0 Å². The van der Waals surface area contributed by atoms with Crippen molar-refractivity contribution in [3.05, 3.63) is 41.7 Å². The normalized spacial score (nSPS) is 12.3. The molecule has 2 aromatic rings. The van der Waals surface area contributed by atoms with E-state index in [1.165, 1.54) is 16.8 Å². The number of aliphatic hydroxyl groups excluding tert-OH is 1. The lowest BCUT2D eigenvalue weighted by Gasteiger charge is -2.02. The fourth-order valence-corrected chi connectivity index (χ4v) is 1.52. The summed E-state index contributed by atoms with van der Waals surface area (Å²) < 4.78 is 1.50. The van der Waals surface area contributed by atoms with Gasteiger partial charge in [0.25, 0.3) is 0 Å². The van der Waals surface area contributed by atoms with E-state index in [2.05, 4.69) is 10.3 Å². The third kappa shape index (κ3) is 2.38. The Kier molecular flexibility index (Phi) is 3.38. The molecule has 0 aliphatic carbocycles. The van der Waals surface area contributed by atoms with E-state index in [-0.39, 0.29) is 5.56 Å². The summed E-state index contributed by atoms with van der Waals surface area (Å²) in [7, 11) is 0. The number of hydrogen-bond acceptors (Lipinski definition) is 4. The quantitative estimate of drug-likeness (QED) is 0.852. The first-order valence-electron chi connectivity index (χ1n) is 5.56. The summed E-state index contributed by atoms with van der Waals surface area (Å²) in [5.41, 5.74) is 1.41. The fraction of sp³-hybridized carbons (Fsp3) is 0.250. The molecule has 94 valence electrons. The number of benzene rings is 1. The Bertz CT molecular complexity index is 548. The maximum absolute atomic E-state index is 10.7. The van der Waals surface area contributed by atoms with Gasteiger partial charge in [-0.05, 0) is 30.7 Å². The number of aromatic nitrogens is 3. The predicted molar refractivity (Wildman–Crippen MR) is 63.6 cm³/mol. The largest absolute Gasteiger partial charge is 0.478 e. The summed E-state index contributed by atoms with van der Waals surface area (Å²) in [6.45, 7) is 1.85. The van der Waals surface area contributed by atoms with E-state index < -0.39 is 12.1 Å². The molecule has 1 aromatic heterocycles. The smallest absolute Gasteiger partial charge is 0.335 e. The molecule has 0 saturated carbocycles. The molecule has 0 amide bonds. The first-order chi connectivity index (χ1) is 8.61. The van der Waals surface area contributed by atoms with Crippen LogP contribution in [-0.2, 0) is 0 Å². The van der Waals surface area contributed by atoms with Crippen molar-refractivity contribution in [2.45, 2.75) is 19.4 Å². The SMILES string of the molecule is CC[C@H](O)c1cn(-c2ccc(C(=O)O)cc2)nn1. The number of rotatable bonds is 4. The number of hydrogen-bond donors (Lipinski definition) is 2. The molecule has 6 heteroatoms. The molecule has 0 saturated heterocycles. The maximum atomic E-state index is 10.7. The minimum atomic E-state index is -0.970. The molecule has 0 aliphatic heterocycles. The van der Waals surface area contributed by atoms with E-state index in [1.54, 1.807) is 18.3 Å². The standard InChI is InChI=1S/C12H13N3O3/c1-2-11(16)10-7-15(14-13-10)9-5-3-8(4-6-9)12(17)18/h3-7,11,16H,2H2,1H3,(H,17,18)/t11-/m0/s1. The molecule has 0 unspecified atom stereocenters. The number of carbonyl (C=O) groups is 1. The van der Waals surface area contributed by atoms with Crippen LogP contribution >= 0.6 is 0 Å². The molecule has 0 fully saturated rings. The van der Waals surface area contributed by atoms with Gasteiger partial charge in [0.05, 0.1) is 23.6 Å². The van der Waals surface area contributed by atoms with Gasteiger partial charge in [0.2, 0.25) is 0 Å². The number of carboxylic acid groups (broad SMARTS) is 1. The van der Waals surface area contributed by atoms with Gasteiger partial charge in [-0.25, -0.2) is 9.48 Å². The van der Waals surface area contributed by atoms with Crippen molar-refractivity contribution in [3.63, 3.8) is 0 Å². The zero-order chi connectivity index (χ0) is 13.1. The minimum Gasteiger partial charge on any atom is -0.478 e. The van der Waals surface area contributed by atoms with Gasteiger partial charge in [-0.3, -0.25) is 0 Å². The van der Waals surface area contributed by atoms with Crippen molar-refractivity contribution in [3.8, 4) is 5.69 Å². The Balaban J connectivity index is 2.26. The third-order valence-electron chi connectivity index (χ3n) is 2.62. The average molecular weight is 247 g/mol. The Hall–Kier alpha value is -2.21. The second-order valence-corrected chi connectivity index (χ2v) is 3.86. The van der Waals surface area contributed by atoms with Crippen molar-refractivity contribution in [1.29, 1.82) is 0 Å². The summed E-state index contributed by atoms with van der Waals surface area (Å²) in [6.07, 6.45) is 1.57. The lowest BCUT2D eigenvalue weighted by molar-refractivity contribution is 0.0697. The number of nitrogens with zero attached hydrogens (tertiary/aromatic N) is 3. The van der Waals surface area contributed by atoms with E-state index in [0.717, 1.165) is 0 Å². The van der Waals surface area contributed by atoms with Crippen LogP contribution in [0.5, 0.6) is 0 Å². The van der Waals surface area contributed by atoms with Crippen LogP contribution in [0.1, 0.15) is 35.5 Å². The first kappa shape index (κ1) is 12.3. The summed E-state index contributed by atoms with van der Waals surface area (Å²) in [6, 6.07) is 6.27. The number of aliphatic hydroxyl groups is 1. The molecule has 6 nitrogen and oxygen atoms in total. The van der Waals surface area contributed by atoms with Crippen LogP contribution < -0.4 is 0 Å². The van der Waals surface area contributed by atoms with Crippen LogP contribution in [0.4, 0.5) is 0 Å². The third-order valence-corrected chi connectivity index (χ3v) is 2.62. The minimum absolute atomic E-state index is 0.215. The summed E-state index contributed by atoms with van der Waals surface area (Å²) >= 11 is 0. The molecule has 2 N–H and O–H groups in total. The Morgan fingerprint density at radius 1 is 1.39 bits per heavy atom. The highest BCUT2D eigenvalue weighted by atomic mass is 16.4. The molecule has 0 radical (unpaired) electrons. The molecule has 1 heterocycles. The second kappa shape index (κ2) is 4.97. The summed E-state index contributed by atoms with van der Waals surface area (Å²) in [4.78, 5) is 10.7. The average Bonchev–Trinajstić information content (AvgIpc) is 2.87. The lowest BCUT2D eigenvalue weighted by Crippen LogP contribution is -1.99. The Labute approximate surface area is 103 Å². The maximum Gasteiger partial charge on any atom is 0.335 e. The molecular weight excluding hydrogens is 234 g/mol. The van der Waals surface area contributed by atoms with Gasteiger partial charge < -0.3 is 10.2 Å². The molecular formula is C12H13N3O3.